The molecule has 0 aliphatic heterocycles. The molecule has 0 aliphatic rings. The molecular weight excluding hydrogens is 414 g/mol. The van der Waals surface area contributed by atoms with Gasteiger partial charge in [-0.05, 0) is 51.9 Å². The molecule has 34 heavy (non-hydrogen) atoms. The first-order valence-electron chi connectivity index (χ1n) is 11.7. The predicted molar refractivity (Wildman–Crippen MR) is 142 cm³/mol. The van der Waals surface area contributed by atoms with Gasteiger partial charge in [-0.25, -0.2) is 0 Å². The van der Waals surface area contributed by atoms with Crippen molar-refractivity contribution in [2.75, 3.05) is 0 Å². The van der Waals surface area contributed by atoms with Gasteiger partial charge in [0, 0.05) is 22.9 Å². The van der Waals surface area contributed by atoms with E-state index in [1.54, 1.807) is 0 Å². The van der Waals surface area contributed by atoms with E-state index in [9.17, 15) is 0 Å². The molecule has 1 aromatic heterocycles. The molecule has 5 aromatic carbocycles. The number of rotatable bonds is 5. The molecule has 0 atom stereocenters. The van der Waals surface area contributed by atoms with Gasteiger partial charge in [0.1, 0.15) is 11.2 Å². The average molecular weight is 440 g/mol. The fraction of sp³-hybridized carbons (Fsp3) is 0.0625. The van der Waals surface area contributed by atoms with Crippen molar-refractivity contribution < 1.29 is 4.42 Å². The molecule has 2 nitrogen and oxygen atoms in total. The summed E-state index contributed by atoms with van der Waals surface area (Å²) < 4.78 is 6.46. The number of furan rings is 1. The Morgan fingerprint density at radius 3 is 2.15 bits per heavy atom. The van der Waals surface area contributed by atoms with E-state index >= 15 is 0 Å². The number of benzene rings is 5. The number of para-hydroxylation sites is 1. The molecule has 0 aliphatic carbocycles. The molecule has 0 bridgehead atoms. The highest BCUT2D eigenvalue weighted by atomic mass is 16.3. The van der Waals surface area contributed by atoms with E-state index in [1.165, 1.54) is 22.3 Å². The third-order valence-corrected chi connectivity index (χ3v) is 6.51. The highest BCUT2D eigenvalue weighted by molar-refractivity contribution is 6.12. The molecule has 0 saturated heterocycles. The van der Waals surface area contributed by atoms with Crippen LogP contribution in [0.2, 0.25) is 0 Å². The summed E-state index contributed by atoms with van der Waals surface area (Å²) in [6.07, 6.45) is 0.905. The monoisotopic (exact) mass is 439 g/mol. The fourth-order valence-electron chi connectivity index (χ4n) is 4.80. The Hall–Kier alpha value is -4.14. The first-order valence-corrected chi connectivity index (χ1v) is 11.7. The van der Waals surface area contributed by atoms with Crippen LogP contribution in [-0.2, 0) is 13.0 Å². The number of hydrogen-bond acceptors (Lipinski definition) is 2. The van der Waals surface area contributed by atoms with Crippen molar-refractivity contribution in [3.63, 3.8) is 0 Å². The molecule has 0 saturated carbocycles. The smallest absolute Gasteiger partial charge is 0.143 e. The zero-order chi connectivity index (χ0) is 22.9. The molecule has 6 rings (SSSR count). The summed E-state index contributed by atoms with van der Waals surface area (Å²) >= 11 is 0. The maximum atomic E-state index is 6.46. The Morgan fingerprint density at radius 1 is 0.559 bits per heavy atom. The molecular formula is C32H25NO. The van der Waals surface area contributed by atoms with Crippen LogP contribution in [-0.4, -0.2) is 0 Å². The minimum Gasteiger partial charge on any atom is -0.455 e. The Morgan fingerprint density at radius 2 is 1.32 bits per heavy atom. The van der Waals surface area contributed by atoms with E-state index in [-0.39, 0.29) is 0 Å². The number of nitrogens with two attached hydrogens (primary N) is 1. The van der Waals surface area contributed by atoms with Gasteiger partial charge in [0.15, 0.2) is 0 Å². The molecule has 2 heteroatoms. The number of fused-ring (bicyclic) bond motifs is 3. The molecule has 0 unspecified atom stereocenters. The van der Waals surface area contributed by atoms with Crippen molar-refractivity contribution in [3.05, 3.63) is 132 Å². The quantitative estimate of drug-likeness (QED) is 0.296. The topological polar surface area (TPSA) is 39.2 Å². The largest absolute Gasteiger partial charge is 0.455 e. The number of hydrogen-bond donors (Lipinski definition) is 1. The minimum absolute atomic E-state index is 0.531. The van der Waals surface area contributed by atoms with Crippen molar-refractivity contribution in [3.8, 4) is 22.3 Å². The van der Waals surface area contributed by atoms with Crippen LogP contribution in [0.4, 0.5) is 0 Å². The lowest BCUT2D eigenvalue weighted by Gasteiger charge is -2.13. The van der Waals surface area contributed by atoms with Crippen LogP contribution < -0.4 is 5.73 Å². The molecule has 6 aromatic rings. The summed E-state index contributed by atoms with van der Waals surface area (Å²) in [7, 11) is 0. The lowest BCUT2D eigenvalue weighted by molar-refractivity contribution is 0.670. The second-order valence-corrected chi connectivity index (χ2v) is 8.73. The first kappa shape index (κ1) is 20.5. The summed E-state index contributed by atoms with van der Waals surface area (Å²) in [5, 5.41) is 2.28. The lowest BCUT2D eigenvalue weighted by atomic mass is 9.90. The Balaban J connectivity index is 1.56. The fourth-order valence-corrected chi connectivity index (χ4v) is 4.80. The Bertz CT molecular complexity index is 1590. The van der Waals surface area contributed by atoms with Gasteiger partial charge in [-0.3, -0.25) is 0 Å². The van der Waals surface area contributed by atoms with Gasteiger partial charge in [-0.2, -0.15) is 0 Å². The van der Waals surface area contributed by atoms with Crippen LogP contribution in [0.1, 0.15) is 16.7 Å². The predicted octanol–water partition coefficient (Wildman–Crippen LogP) is 7.97. The highest BCUT2D eigenvalue weighted by Gasteiger charge is 2.17. The molecule has 0 spiro atoms. The van der Waals surface area contributed by atoms with E-state index < -0.39 is 0 Å². The first-order chi connectivity index (χ1) is 16.8. The van der Waals surface area contributed by atoms with Gasteiger partial charge in [0.05, 0.1) is 0 Å². The normalized spacial score (nSPS) is 11.3. The molecule has 0 radical (unpaired) electrons. The zero-order valence-corrected chi connectivity index (χ0v) is 18.9. The SMILES string of the molecule is NCc1ccc(-c2c(-c3cccc(Cc4ccccc4)c3)ccc3c2oc2ccccc23)cc1. The van der Waals surface area contributed by atoms with Crippen LogP contribution in [0.15, 0.2) is 120 Å². The minimum atomic E-state index is 0.531. The third kappa shape index (κ3) is 3.68. The van der Waals surface area contributed by atoms with Gasteiger partial charge in [-0.15, -0.1) is 0 Å². The van der Waals surface area contributed by atoms with E-state index in [4.69, 9.17) is 10.2 Å². The molecule has 0 amide bonds. The van der Waals surface area contributed by atoms with Crippen LogP contribution in [0.25, 0.3) is 44.2 Å². The van der Waals surface area contributed by atoms with Gasteiger partial charge < -0.3 is 10.2 Å². The van der Waals surface area contributed by atoms with Gasteiger partial charge >= 0.3 is 0 Å². The summed E-state index contributed by atoms with van der Waals surface area (Å²) in [6, 6.07) is 40.6. The van der Waals surface area contributed by atoms with Crippen molar-refractivity contribution >= 4 is 21.9 Å². The maximum absolute atomic E-state index is 6.46. The summed E-state index contributed by atoms with van der Waals surface area (Å²) in [6.45, 7) is 0.531. The van der Waals surface area contributed by atoms with E-state index in [1.807, 2.05) is 12.1 Å². The second-order valence-electron chi connectivity index (χ2n) is 8.73. The third-order valence-electron chi connectivity index (χ3n) is 6.51. The van der Waals surface area contributed by atoms with E-state index in [0.717, 1.165) is 45.0 Å². The summed E-state index contributed by atoms with van der Waals surface area (Å²) in [5.41, 5.74) is 16.0. The van der Waals surface area contributed by atoms with Crippen LogP contribution in [0.3, 0.4) is 0 Å². The van der Waals surface area contributed by atoms with Gasteiger partial charge in [0.25, 0.3) is 0 Å². The maximum Gasteiger partial charge on any atom is 0.143 e. The van der Waals surface area contributed by atoms with Crippen LogP contribution in [0.5, 0.6) is 0 Å². The molecule has 164 valence electrons. The van der Waals surface area contributed by atoms with Crippen molar-refractivity contribution in [1.82, 2.24) is 0 Å². The zero-order valence-electron chi connectivity index (χ0n) is 18.9. The van der Waals surface area contributed by atoms with Crippen LogP contribution >= 0.6 is 0 Å². The van der Waals surface area contributed by atoms with E-state index in [0.29, 0.717) is 6.54 Å². The second kappa shape index (κ2) is 8.66. The van der Waals surface area contributed by atoms with Gasteiger partial charge in [-0.1, -0.05) is 103 Å². The van der Waals surface area contributed by atoms with Crippen molar-refractivity contribution in [2.24, 2.45) is 5.73 Å². The summed E-state index contributed by atoms with van der Waals surface area (Å²) in [5.74, 6) is 0. The average Bonchev–Trinajstić information content (AvgIpc) is 3.28. The van der Waals surface area contributed by atoms with Gasteiger partial charge in [0.2, 0.25) is 0 Å². The lowest BCUT2D eigenvalue weighted by Crippen LogP contribution is -1.95. The Kier molecular flexibility index (Phi) is 5.21. The van der Waals surface area contributed by atoms with Crippen molar-refractivity contribution in [1.29, 1.82) is 0 Å². The van der Waals surface area contributed by atoms with Crippen LogP contribution in [0, 0.1) is 0 Å². The Labute approximate surface area is 199 Å². The summed E-state index contributed by atoms with van der Waals surface area (Å²) in [4.78, 5) is 0. The highest BCUT2D eigenvalue weighted by Crippen LogP contribution is 2.42. The molecule has 2 N–H and O–H groups in total. The standard InChI is InChI=1S/C32H25NO/c33-21-23-13-15-25(16-14-23)31-27(17-18-29-28-11-4-5-12-30(28)34-32(29)31)26-10-6-9-24(20-26)19-22-7-2-1-3-8-22/h1-18,20H,19,21,33H2. The molecule has 1 heterocycles. The van der Waals surface area contributed by atoms with E-state index in [2.05, 4.69) is 103 Å². The molecule has 0 fully saturated rings. The van der Waals surface area contributed by atoms with Crippen molar-refractivity contribution in [2.45, 2.75) is 13.0 Å².